The molecule has 0 spiro atoms. The average molecular weight is 534 g/mol. The van der Waals surface area contributed by atoms with Gasteiger partial charge < -0.3 is 14.8 Å². The third-order valence-corrected chi connectivity index (χ3v) is 7.40. The molecule has 1 aliphatic rings. The van der Waals surface area contributed by atoms with Gasteiger partial charge in [0.1, 0.15) is 22.9 Å². The monoisotopic (exact) mass is 533 g/mol. The number of aryl methyl sites for hydroxylation is 1. The van der Waals surface area contributed by atoms with Crippen LogP contribution >= 0.6 is 22.7 Å². The van der Waals surface area contributed by atoms with Gasteiger partial charge in [-0.05, 0) is 37.6 Å². The molecule has 2 amide bonds. The van der Waals surface area contributed by atoms with Gasteiger partial charge in [-0.1, -0.05) is 30.3 Å². The predicted molar refractivity (Wildman–Crippen MR) is 144 cm³/mol. The summed E-state index contributed by atoms with van der Waals surface area (Å²) in [6.45, 7) is 3.45. The van der Waals surface area contributed by atoms with Gasteiger partial charge >= 0.3 is 5.97 Å². The molecule has 8 nitrogen and oxygen atoms in total. The quantitative estimate of drug-likeness (QED) is 0.320. The Morgan fingerprint density at radius 1 is 1.11 bits per heavy atom. The molecule has 0 aliphatic carbocycles. The Balaban J connectivity index is 1.42. The maximum atomic E-state index is 13.2. The predicted octanol–water partition coefficient (Wildman–Crippen LogP) is 5.39. The SMILES string of the molecule is CCOC(=O)c1c(-c2ccccc2)csc1NC(=O)CN1C(=O)COc2ccc(-c3csc(C)n3)cc21. The van der Waals surface area contributed by atoms with Gasteiger partial charge in [-0.3, -0.25) is 14.5 Å². The van der Waals surface area contributed by atoms with E-state index in [1.54, 1.807) is 19.1 Å². The van der Waals surface area contributed by atoms with Crippen LogP contribution in [0.5, 0.6) is 5.75 Å². The van der Waals surface area contributed by atoms with E-state index < -0.39 is 11.9 Å². The summed E-state index contributed by atoms with van der Waals surface area (Å²) in [4.78, 5) is 44.7. The first-order valence-corrected chi connectivity index (χ1v) is 13.3. The summed E-state index contributed by atoms with van der Waals surface area (Å²) >= 11 is 2.77. The van der Waals surface area contributed by atoms with Gasteiger partial charge in [-0.25, -0.2) is 9.78 Å². The zero-order valence-electron chi connectivity index (χ0n) is 20.1. The van der Waals surface area contributed by atoms with Crippen molar-refractivity contribution in [1.82, 2.24) is 4.98 Å². The second-order valence-electron chi connectivity index (χ2n) is 8.19. The summed E-state index contributed by atoms with van der Waals surface area (Å²) in [5.74, 6) is -0.786. The maximum absolute atomic E-state index is 13.2. The van der Waals surface area contributed by atoms with Crippen LogP contribution in [-0.4, -0.2) is 42.5 Å². The molecule has 0 saturated heterocycles. The summed E-state index contributed by atoms with van der Waals surface area (Å²) in [7, 11) is 0. The number of thiazole rings is 1. The molecule has 0 unspecified atom stereocenters. The lowest BCUT2D eigenvalue weighted by molar-refractivity contribution is -0.123. The van der Waals surface area contributed by atoms with Gasteiger partial charge in [0.2, 0.25) is 5.91 Å². The Morgan fingerprint density at radius 3 is 2.65 bits per heavy atom. The van der Waals surface area contributed by atoms with Gasteiger partial charge in [0.05, 0.1) is 23.0 Å². The Kier molecular flexibility index (Phi) is 7.02. The Bertz CT molecular complexity index is 1480. The number of carbonyl (C=O) groups excluding carboxylic acids is 3. The number of hydrogen-bond acceptors (Lipinski definition) is 8. The van der Waals surface area contributed by atoms with Crippen LogP contribution in [0.1, 0.15) is 22.3 Å². The molecule has 0 atom stereocenters. The van der Waals surface area contributed by atoms with Crippen molar-refractivity contribution in [2.24, 2.45) is 0 Å². The largest absolute Gasteiger partial charge is 0.482 e. The zero-order chi connectivity index (χ0) is 25.9. The highest BCUT2D eigenvalue weighted by Crippen LogP contribution is 2.38. The molecule has 2 aromatic heterocycles. The molecule has 188 valence electrons. The maximum Gasteiger partial charge on any atom is 0.341 e. The number of anilines is 2. The highest BCUT2D eigenvalue weighted by Gasteiger charge is 2.29. The number of ether oxygens (including phenoxy) is 2. The molecule has 10 heteroatoms. The molecule has 0 saturated carbocycles. The molecule has 0 bridgehead atoms. The summed E-state index contributed by atoms with van der Waals surface area (Å²) in [5.41, 5.74) is 3.92. The molecule has 1 N–H and O–H groups in total. The molecule has 1 aliphatic heterocycles. The lowest BCUT2D eigenvalue weighted by Gasteiger charge is -2.29. The van der Waals surface area contributed by atoms with Crippen LogP contribution in [0.25, 0.3) is 22.4 Å². The van der Waals surface area contributed by atoms with E-state index in [9.17, 15) is 14.4 Å². The standard InChI is InChI=1S/C27H23N3O5S2/c1-3-34-27(33)25-19(17-7-5-4-6-8-17)14-37-26(25)29-23(31)12-30-21-11-18(20-15-36-16(2)28-20)9-10-22(21)35-13-24(30)32/h4-11,14-15H,3,12-13H2,1-2H3,(H,29,31). The minimum Gasteiger partial charge on any atom is -0.482 e. The molecule has 37 heavy (non-hydrogen) atoms. The van der Waals surface area contributed by atoms with Crippen LogP contribution in [0.15, 0.2) is 59.3 Å². The number of amides is 2. The number of nitrogens with one attached hydrogen (secondary N) is 1. The Morgan fingerprint density at radius 2 is 1.92 bits per heavy atom. The molecule has 2 aromatic carbocycles. The minimum absolute atomic E-state index is 0.166. The highest BCUT2D eigenvalue weighted by atomic mass is 32.1. The van der Waals surface area contributed by atoms with Crippen molar-refractivity contribution in [3.8, 4) is 28.1 Å². The molecular weight excluding hydrogens is 510 g/mol. The van der Waals surface area contributed by atoms with Crippen molar-refractivity contribution in [2.45, 2.75) is 13.8 Å². The van der Waals surface area contributed by atoms with Crippen molar-refractivity contribution in [1.29, 1.82) is 0 Å². The smallest absolute Gasteiger partial charge is 0.341 e. The van der Waals surface area contributed by atoms with E-state index in [-0.39, 0.29) is 25.7 Å². The van der Waals surface area contributed by atoms with Crippen LogP contribution in [0.3, 0.4) is 0 Å². The van der Waals surface area contributed by atoms with Crippen molar-refractivity contribution >= 4 is 51.1 Å². The van der Waals surface area contributed by atoms with Crippen molar-refractivity contribution < 1.29 is 23.9 Å². The van der Waals surface area contributed by atoms with Gasteiger partial charge in [-0.15, -0.1) is 22.7 Å². The van der Waals surface area contributed by atoms with Crippen molar-refractivity contribution in [3.63, 3.8) is 0 Å². The van der Waals surface area contributed by atoms with E-state index >= 15 is 0 Å². The summed E-state index contributed by atoms with van der Waals surface area (Å²) in [5, 5.41) is 7.88. The highest BCUT2D eigenvalue weighted by molar-refractivity contribution is 7.15. The first-order chi connectivity index (χ1) is 17.9. The third-order valence-electron chi connectivity index (χ3n) is 5.73. The van der Waals surface area contributed by atoms with Crippen LogP contribution in [0.2, 0.25) is 0 Å². The topological polar surface area (TPSA) is 97.8 Å². The van der Waals surface area contributed by atoms with Crippen LogP contribution < -0.4 is 15.0 Å². The van der Waals surface area contributed by atoms with Gasteiger partial charge in [-0.2, -0.15) is 0 Å². The zero-order valence-corrected chi connectivity index (χ0v) is 21.8. The number of carbonyl (C=O) groups is 3. The average Bonchev–Trinajstić information content (AvgIpc) is 3.52. The van der Waals surface area contributed by atoms with Gasteiger partial charge in [0, 0.05) is 21.9 Å². The van der Waals surface area contributed by atoms with E-state index in [0.717, 1.165) is 21.8 Å². The third kappa shape index (κ3) is 5.11. The van der Waals surface area contributed by atoms with Gasteiger partial charge in [0.25, 0.3) is 5.91 Å². The number of thiophene rings is 1. The fourth-order valence-corrected chi connectivity index (χ4v) is 5.62. The Labute approximate surface area is 221 Å². The van der Waals surface area contributed by atoms with Crippen LogP contribution in [-0.2, 0) is 14.3 Å². The first-order valence-electron chi connectivity index (χ1n) is 11.6. The molecule has 0 fully saturated rings. The van der Waals surface area contributed by atoms with E-state index in [1.807, 2.05) is 54.1 Å². The normalized spacial score (nSPS) is 12.6. The number of aromatic nitrogens is 1. The fraction of sp³-hybridized carbons (Fsp3) is 0.185. The van der Waals surface area contributed by atoms with E-state index in [0.29, 0.717) is 27.6 Å². The van der Waals surface area contributed by atoms with Gasteiger partial charge in [0.15, 0.2) is 6.61 Å². The molecule has 3 heterocycles. The number of fused-ring (bicyclic) bond motifs is 1. The van der Waals surface area contributed by atoms with Crippen molar-refractivity contribution in [2.75, 3.05) is 30.0 Å². The minimum atomic E-state index is -0.520. The second kappa shape index (κ2) is 10.5. The number of rotatable bonds is 7. The molecular formula is C27H23N3O5S2. The van der Waals surface area contributed by atoms with E-state index in [1.165, 1.54) is 27.6 Å². The number of nitrogens with zero attached hydrogens (tertiary/aromatic N) is 2. The fourth-order valence-electron chi connectivity index (χ4n) is 4.03. The lowest BCUT2D eigenvalue weighted by Crippen LogP contribution is -2.43. The number of hydrogen-bond donors (Lipinski definition) is 1. The van der Waals surface area contributed by atoms with E-state index in [4.69, 9.17) is 9.47 Å². The van der Waals surface area contributed by atoms with E-state index in [2.05, 4.69) is 10.3 Å². The number of esters is 1. The summed E-state index contributed by atoms with van der Waals surface area (Å²) in [6.07, 6.45) is 0. The molecule has 5 rings (SSSR count). The first kappa shape index (κ1) is 24.7. The van der Waals surface area contributed by atoms with Crippen LogP contribution in [0.4, 0.5) is 10.7 Å². The molecule has 0 radical (unpaired) electrons. The molecule has 4 aromatic rings. The lowest BCUT2D eigenvalue weighted by atomic mass is 10.0. The summed E-state index contributed by atoms with van der Waals surface area (Å²) in [6, 6.07) is 14.9. The number of benzene rings is 2. The van der Waals surface area contributed by atoms with Crippen molar-refractivity contribution in [3.05, 3.63) is 69.9 Å². The Hall–Kier alpha value is -4.02. The second-order valence-corrected chi connectivity index (χ2v) is 10.1. The summed E-state index contributed by atoms with van der Waals surface area (Å²) < 4.78 is 10.9. The van der Waals surface area contributed by atoms with Crippen LogP contribution in [0, 0.1) is 6.92 Å².